The number of aromatic amines is 1. The van der Waals surface area contributed by atoms with Gasteiger partial charge in [-0.15, -0.1) is 0 Å². The van der Waals surface area contributed by atoms with Crippen LogP contribution in [0.4, 0.5) is 11.5 Å². The third-order valence-electron chi connectivity index (χ3n) is 4.02. The molecule has 138 valence electrons. The van der Waals surface area contributed by atoms with Crippen molar-refractivity contribution in [2.24, 2.45) is 0 Å². The molecule has 0 saturated carbocycles. The van der Waals surface area contributed by atoms with Crippen molar-refractivity contribution in [3.8, 4) is 0 Å². The lowest BCUT2D eigenvalue weighted by Crippen LogP contribution is -2.40. The van der Waals surface area contributed by atoms with Crippen LogP contribution in [-0.4, -0.2) is 22.0 Å². The molecule has 0 aliphatic carbocycles. The van der Waals surface area contributed by atoms with Crippen molar-refractivity contribution in [3.63, 3.8) is 0 Å². The number of nitrogens with one attached hydrogen (secondary N) is 1. The molecule has 0 aliphatic heterocycles. The number of hydrogen-bond acceptors (Lipinski definition) is 4. The highest BCUT2D eigenvalue weighted by Gasteiger charge is 2.21. The van der Waals surface area contributed by atoms with Crippen molar-refractivity contribution in [1.29, 1.82) is 0 Å². The van der Waals surface area contributed by atoms with E-state index < -0.39 is 11.2 Å². The minimum absolute atomic E-state index is 0.00548. The normalized spacial score (nSPS) is 11.0. The molecule has 1 heterocycles. The molecular weight excluding hydrogens is 332 g/mol. The zero-order valence-corrected chi connectivity index (χ0v) is 15.1. The van der Waals surface area contributed by atoms with Crippen molar-refractivity contribution >= 4 is 23.5 Å². The average molecular weight is 356 g/mol. The van der Waals surface area contributed by atoms with Gasteiger partial charge in [-0.05, 0) is 25.0 Å². The Bertz CT molecular complexity index is 897. The van der Waals surface area contributed by atoms with Crippen LogP contribution in [-0.2, 0) is 11.3 Å². The van der Waals surface area contributed by atoms with Crippen LogP contribution in [0.1, 0.15) is 32.3 Å². The summed E-state index contributed by atoms with van der Waals surface area (Å²) in [6.45, 7) is 4.37. The number of aromatic nitrogens is 2. The van der Waals surface area contributed by atoms with Crippen LogP contribution in [0.2, 0.25) is 0 Å². The van der Waals surface area contributed by atoms with E-state index in [1.165, 1.54) is 15.5 Å². The Labute approximate surface area is 151 Å². The third-order valence-corrected chi connectivity index (χ3v) is 4.02. The molecular formula is C19H24N4O3. The number of rotatable bonds is 7. The van der Waals surface area contributed by atoms with Crippen LogP contribution >= 0.6 is 0 Å². The van der Waals surface area contributed by atoms with E-state index in [1.807, 2.05) is 37.3 Å². The highest BCUT2D eigenvalue weighted by atomic mass is 16.2. The summed E-state index contributed by atoms with van der Waals surface area (Å²) >= 11 is 0. The molecule has 0 atom stereocenters. The van der Waals surface area contributed by atoms with Crippen LogP contribution in [0.3, 0.4) is 0 Å². The zero-order valence-electron chi connectivity index (χ0n) is 15.1. The summed E-state index contributed by atoms with van der Waals surface area (Å²) in [7, 11) is 0. The maximum atomic E-state index is 12.6. The fourth-order valence-corrected chi connectivity index (χ4v) is 2.62. The van der Waals surface area contributed by atoms with Gasteiger partial charge in [0.05, 0.1) is 0 Å². The molecule has 26 heavy (non-hydrogen) atoms. The first-order valence-electron chi connectivity index (χ1n) is 8.66. The zero-order chi connectivity index (χ0) is 19.1. The van der Waals surface area contributed by atoms with Crippen molar-refractivity contribution in [3.05, 3.63) is 62.8 Å². The Morgan fingerprint density at radius 2 is 1.92 bits per heavy atom. The van der Waals surface area contributed by atoms with Gasteiger partial charge in [0.2, 0.25) is 0 Å². The van der Waals surface area contributed by atoms with Gasteiger partial charge in [0.25, 0.3) is 11.5 Å². The molecule has 2 rings (SSSR count). The Morgan fingerprint density at radius 3 is 2.54 bits per heavy atom. The molecule has 1 aromatic carbocycles. The smallest absolute Gasteiger partial charge is 0.330 e. The summed E-state index contributed by atoms with van der Waals surface area (Å²) in [5.41, 5.74) is 5.72. The maximum absolute atomic E-state index is 12.6. The van der Waals surface area contributed by atoms with E-state index in [0.717, 1.165) is 18.4 Å². The Morgan fingerprint density at radius 1 is 1.23 bits per heavy atom. The van der Waals surface area contributed by atoms with Crippen LogP contribution in [0.15, 0.2) is 46.0 Å². The molecule has 7 heteroatoms. The molecule has 0 spiro atoms. The summed E-state index contributed by atoms with van der Waals surface area (Å²) in [4.78, 5) is 40.5. The number of carbonyl (C=O) groups is 1. The predicted molar refractivity (Wildman–Crippen MR) is 104 cm³/mol. The lowest BCUT2D eigenvalue weighted by Gasteiger charge is -2.21. The van der Waals surface area contributed by atoms with E-state index in [9.17, 15) is 14.4 Å². The largest absolute Gasteiger partial charge is 0.383 e. The predicted octanol–water partition coefficient (Wildman–Crippen LogP) is 1.99. The molecule has 1 amide bonds. The van der Waals surface area contributed by atoms with Gasteiger partial charge in [-0.25, -0.2) is 4.79 Å². The molecule has 0 aliphatic rings. The third kappa shape index (κ3) is 4.30. The van der Waals surface area contributed by atoms with E-state index in [0.29, 0.717) is 6.54 Å². The van der Waals surface area contributed by atoms with Gasteiger partial charge in [-0.3, -0.25) is 19.1 Å². The molecule has 0 bridgehead atoms. The van der Waals surface area contributed by atoms with Gasteiger partial charge in [0, 0.05) is 19.2 Å². The number of amides is 1. The topological polar surface area (TPSA) is 101 Å². The van der Waals surface area contributed by atoms with Crippen LogP contribution in [0.25, 0.3) is 6.08 Å². The molecule has 3 N–H and O–H groups in total. The van der Waals surface area contributed by atoms with Gasteiger partial charge < -0.3 is 10.6 Å². The second-order valence-corrected chi connectivity index (χ2v) is 5.82. The number of nitrogen functional groups attached to an aromatic ring is 1. The number of anilines is 2. The fraction of sp³-hybridized carbons (Fsp3) is 0.316. The van der Waals surface area contributed by atoms with E-state index in [4.69, 9.17) is 5.73 Å². The number of unbranched alkanes of at least 4 members (excludes halogenated alkanes) is 1. The van der Waals surface area contributed by atoms with Crippen molar-refractivity contribution in [2.45, 2.75) is 33.2 Å². The van der Waals surface area contributed by atoms with Gasteiger partial charge in [0.15, 0.2) is 5.69 Å². The highest BCUT2D eigenvalue weighted by molar-refractivity contribution is 6.05. The lowest BCUT2D eigenvalue weighted by molar-refractivity contribution is -0.114. The van der Waals surface area contributed by atoms with Gasteiger partial charge >= 0.3 is 5.69 Å². The molecule has 0 saturated heterocycles. The molecule has 1 aromatic heterocycles. The first kappa shape index (κ1) is 19.2. The highest BCUT2D eigenvalue weighted by Crippen LogP contribution is 2.17. The second-order valence-electron chi connectivity index (χ2n) is 5.82. The number of carbonyl (C=O) groups excluding carboxylic acids is 1. The van der Waals surface area contributed by atoms with Crippen LogP contribution < -0.4 is 21.9 Å². The SMILES string of the molecule is CCCCn1c(N)c(N(CC)C(=O)C=Cc2ccccc2)c(=O)[nH]c1=O. The van der Waals surface area contributed by atoms with Crippen LogP contribution in [0.5, 0.6) is 0 Å². The quantitative estimate of drug-likeness (QED) is 0.741. The number of benzene rings is 1. The summed E-state index contributed by atoms with van der Waals surface area (Å²) in [5.74, 6) is -0.371. The van der Waals surface area contributed by atoms with E-state index in [2.05, 4.69) is 4.98 Å². The van der Waals surface area contributed by atoms with Gasteiger partial charge in [-0.2, -0.15) is 0 Å². The average Bonchev–Trinajstić information content (AvgIpc) is 2.63. The Balaban J connectivity index is 2.40. The molecule has 0 unspecified atom stereocenters. The first-order valence-corrected chi connectivity index (χ1v) is 8.66. The van der Waals surface area contributed by atoms with Crippen LogP contribution in [0, 0.1) is 0 Å². The minimum atomic E-state index is -0.663. The molecule has 0 fully saturated rings. The molecule has 0 radical (unpaired) electrons. The number of nitrogens with two attached hydrogens (primary N) is 1. The van der Waals surface area contributed by atoms with E-state index in [1.54, 1.807) is 13.0 Å². The van der Waals surface area contributed by atoms with Gasteiger partial charge in [-0.1, -0.05) is 43.7 Å². The van der Waals surface area contributed by atoms with Crippen molar-refractivity contribution in [1.82, 2.24) is 9.55 Å². The summed E-state index contributed by atoms with van der Waals surface area (Å²) in [5, 5.41) is 0. The Kier molecular flexibility index (Phi) is 6.54. The molecule has 2 aromatic rings. The van der Waals surface area contributed by atoms with Crippen molar-refractivity contribution in [2.75, 3.05) is 17.2 Å². The summed E-state index contributed by atoms with van der Waals surface area (Å²) in [6, 6.07) is 9.36. The van der Waals surface area contributed by atoms with Crippen molar-refractivity contribution < 1.29 is 4.79 Å². The number of hydrogen-bond donors (Lipinski definition) is 2. The first-order chi connectivity index (χ1) is 12.5. The number of H-pyrrole nitrogens is 1. The van der Waals surface area contributed by atoms with E-state index in [-0.39, 0.29) is 24.0 Å². The van der Waals surface area contributed by atoms with Gasteiger partial charge in [0.1, 0.15) is 5.82 Å². The molecule has 7 nitrogen and oxygen atoms in total. The number of likely N-dealkylation sites (N-methyl/N-ethyl adjacent to an activating group) is 1. The fourth-order valence-electron chi connectivity index (χ4n) is 2.62. The Hall–Kier alpha value is -3.09. The monoisotopic (exact) mass is 356 g/mol. The minimum Gasteiger partial charge on any atom is -0.383 e. The summed E-state index contributed by atoms with van der Waals surface area (Å²) < 4.78 is 1.30. The number of nitrogens with zero attached hydrogens (tertiary/aromatic N) is 2. The lowest BCUT2D eigenvalue weighted by atomic mass is 10.2. The standard InChI is InChI=1S/C19H24N4O3/c1-3-5-13-23-17(20)16(18(25)21-19(23)26)22(4-2)15(24)12-11-14-9-7-6-8-10-14/h6-12H,3-5,13,20H2,1-2H3,(H,21,25,26). The maximum Gasteiger partial charge on any atom is 0.330 e. The van der Waals surface area contributed by atoms with E-state index >= 15 is 0 Å². The second kappa shape index (κ2) is 8.84. The summed E-state index contributed by atoms with van der Waals surface area (Å²) in [6.07, 6.45) is 4.67.